The number of nitrogens with zero attached hydrogens (tertiary/aromatic N) is 3. The van der Waals surface area contributed by atoms with Gasteiger partial charge in [0.05, 0.1) is 18.2 Å². The van der Waals surface area contributed by atoms with Gasteiger partial charge in [0.25, 0.3) is 5.89 Å². The second-order valence-electron chi connectivity index (χ2n) is 8.59. The molecule has 1 unspecified atom stereocenters. The summed E-state index contributed by atoms with van der Waals surface area (Å²) in [6.45, 7) is 6.94. The molecule has 0 radical (unpaired) electrons. The van der Waals surface area contributed by atoms with Crippen LogP contribution >= 0.6 is 12.2 Å². The fourth-order valence-electron chi connectivity index (χ4n) is 4.25. The number of allylic oxidation sites excluding steroid dienone is 1. The fourth-order valence-corrected chi connectivity index (χ4v) is 4.57. The van der Waals surface area contributed by atoms with Crippen LogP contribution in [0.5, 0.6) is 0 Å². The molecule has 1 aliphatic rings. The molecule has 0 saturated carbocycles. The van der Waals surface area contributed by atoms with Crippen LogP contribution < -0.4 is 5.32 Å². The molecule has 5 nitrogen and oxygen atoms in total. The van der Waals surface area contributed by atoms with Crippen molar-refractivity contribution in [1.29, 1.82) is 0 Å². The van der Waals surface area contributed by atoms with Gasteiger partial charge in [-0.25, -0.2) is 0 Å². The average molecular weight is 467 g/mol. The van der Waals surface area contributed by atoms with E-state index in [1.165, 1.54) is 16.7 Å². The highest BCUT2D eigenvalue weighted by Gasteiger charge is 2.34. The summed E-state index contributed by atoms with van der Waals surface area (Å²) < 4.78 is 5.83. The van der Waals surface area contributed by atoms with Crippen molar-refractivity contribution in [1.82, 2.24) is 20.4 Å². The second-order valence-corrected chi connectivity index (χ2v) is 8.98. The van der Waals surface area contributed by atoms with Crippen molar-refractivity contribution in [2.24, 2.45) is 0 Å². The first-order valence-electron chi connectivity index (χ1n) is 11.3. The maximum absolute atomic E-state index is 5.85. The lowest BCUT2D eigenvalue weighted by atomic mass is 9.94. The van der Waals surface area contributed by atoms with Gasteiger partial charge in [-0.2, -0.15) is 4.98 Å². The van der Waals surface area contributed by atoms with E-state index in [1.54, 1.807) is 0 Å². The van der Waals surface area contributed by atoms with Gasteiger partial charge in [0.1, 0.15) is 0 Å². The first-order chi connectivity index (χ1) is 16.5. The number of hydrogen-bond acceptors (Lipinski definition) is 4. The van der Waals surface area contributed by atoms with E-state index in [-0.39, 0.29) is 6.04 Å². The predicted molar refractivity (Wildman–Crippen MR) is 139 cm³/mol. The predicted octanol–water partition coefficient (Wildman–Crippen LogP) is 6.22. The van der Waals surface area contributed by atoms with Gasteiger partial charge in [-0.05, 0) is 49.7 Å². The van der Waals surface area contributed by atoms with Crippen LogP contribution in [0, 0.1) is 13.8 Å². The molecule has 4 aromatic rings. The van der Waals surface area contributed by atoms with Gasteiger partial charge in [-0.3, -0.25) is 0 Å². The van der Waals surface area contributed by atoms with E-state index in [4.69, 9.17) is 21.7 Å². The van der Waals surface area contributed by atoms with Crippen LogP contribution in [0.15, 0.2) is 89.1 Å². The lowest BCUT2D eigenvalue weighted by Gasteiger charge is -2.37. The zero-order chi connectivity index (χ0) is 23.7. The Labute approximate surface area is 205 Å². The number of aryl methyl sites for hydroxylation is 2. The Kier molecular flexibility index (Phi) is 5.99. The van der Waals surface area contributed by atoms with Crippen LogP contribution in [0.3, 0.4) is 0 Å². The van der Waals surface area contributed by atoms with Crippen molar-refractivity contribution in [3.05, 3.63) is 113 Å². The van der Waals surface area contributed by atoms with Crippen molar-refractivity contribution in [2.75, 3.05) is 0 Å². The van der Waals surface area contributed by atoms with Crippen molar-refractivity contribution < 1.29 is 4.52 Å². The minimum Gasteiger partial charge on any atom is -0.351 e. The third-order valence-corrected chi connectivity index (χ3v) is 6.62. The summed E-state index contributed by atoms with van der Waals surface area (Å²) in [5.41, 5.74) is 7.59. The largest absolute Gasteiger partial charge is 0.351 e. The molecule has 0 fully saturated rings. The lowest BCUT2D eigenvalue weighted by molar-refractivity contribution is 0.396. The van der Waals surface area contributed by atoms with E-state index >= 15 is 0 Å². The first-order valence-corrected chi connectivity index (χ1v) is 11.7. The highest BCUT2D eigenvalue weighted by atomic mass is 32.1. The number of aromatic nitrogens is 2. The van der Waals surface area contributed by atoms with E-state index < -0.39 is 0 Å². The molecular formula is C28H26N4OS. The molecule has 0 bridgehead atoms. The standard InChI is InChI=1S/C28H26N4OS/c1-18-13-15-21(16-14-18)25-24(27-30-26(31-33-27)22-10-5-4-6-11-22)20(3)32(28(34)29-25)17-23-12-8-7-9-19(23)2/h4-16,25H,17H2,1-3H3,(H,29,34). The normalized spacial score (nSPS) is 16.0. The quantitative estimate of drug-likeness (QED) is 0.353. The molecule has 0 saturated heterocycles. The third kappa shape index (κ3) is 4.24. The van der Waals surface area contributed by atoms with Gasteiger partial charge >= 0.3 is 0 Å². The van der Waals surface area contributed by atoms with Gasteiger partial charge in [-0.15, -0.1) is 0 Å². The monoisotopic (exact) mass is 466 g/mol. The van der Waals surface area contributed by atoms with E-state index in [9.17, 15) is 0 Å². The number of nitrogens with one attached hydrogen (secondary N) is 1. The summed E-state index contributed by atoms with van der Waals surface area (Å²) in [5, 5.41) is 8.50. The van der Waals surface area contributed by atoms with Crippen molar-refractivity contribution >= 4 is 22.9 Å². The molecule has 5 rings (SSSR count). The number of thiocarbonyl (C=S) groups is 1. The Morgan fingerprint density at radius 2 is 1.62 bits per heavy atom. The Morgan fingerprint density at radius 1 is 0.912 bits per heavy atom. The SMILES string of the molecule is CC1=C(c2nc(-c3ccccc3)no2)C(c2ccc(C)cc2)NC(=S)N1Cc1ccccc1C. The Bertz CT molecular complexity index is 1360. The van der Waals surface area contributed by atoms with Crippen LogP contribution in [0.4, 0.5) is 0 Å². The Balaban J connectivity index is 1.61. The van der Waals surface area contributed by atoms with Crippen LogP contribution in [0.2, 0.25) is 0 Å². The van der Waals surface area contributed by atoms with Gasteiger partial charge in [0.15, 0.2) is 5.11 Å². The maximum atomic E-state index is 5.85. The van der Waals surface area contributed by atoms with Crippen LogP contribution in [-0.2, 0) is 6.54 Å². The van der Waals surface area contributed by atoms with E-state index in [1.807, 2.05) is 30.3 Å². The van der Waals surface area contributed by atoms with Crippen molar-refractivity contribution in [3.63, 3.8) is 0 Å². The molecule has 1 aromatic heterocycles. The Morgan fingerprint density at radius 3 is 2.35 bits per heavy atom. The van der Waals surface area contributed by atoms with Crippen LogP contribution in [0.1, 0.15) is 41.1 Å². The molecule has 3 aromatic carbocycles. The molecule has 1 N–H and O–H groups in total. The van der Waals surface area contributed by atoms with E-state index in [2.05, 4.69) is 84.7 Å². The minimum atomic E-state index is -0.190. The van der Waals surface area contributed by atoms with Gasteiger partial charge in [-0.1, -0.05) is 89.6 Å². The fraction of sp³-hybridized carbons (Fsp3) is 0.179. The van der Waals surface area contributed by atoms with Crippen molar-refractivity contribution in [2.45, 2.75) is 33.4 Å². The molecule has 1 aliphatic heterocycles. The zero-order valence-electron chi connectivity index (χ0n) is 19.4. The summed E-state index contributed by atoms with van der Waals surface area (Å²) in [6.07, 6.45) is 0. The van der Waals surface area contributed by atoms with E-state index in [0.717, 1.165) is 22.4 Å². The minimum absolute atomic E-state index is 0.190. The first kappa shape index (κ1) is 22.0. The molecule has 2 heterocycles. The second kappa shape index (κ2) is 9.23. The number of benzene rings is 3. The molecule has 170 valence electrons. The molecule has 6 heteroatoms. The van der Waals surface area contributed by atoms with Crippen LogP contribution in [-0.4, -0.2) is 20.2 Å². The maximum Gasteiger partial charge on any atom is 0.258 e. The van der Waals surface area contributed by atoms with Crippen molar-refractivity contribution in [3.8, 4) is 11.4 Å². The zero-order valence-corrected chi connectivity index (χ0v) is 20.3. The average Bonchev–Trinajstić information content (AvgIpc) is 3.33. The highest BCUT2D eigenvalue weighted by molar-refractivity contribution is 7.80. The summed E-state index contributed by atoms with van der Waals surface area (Å²) in [5.74, 6) is 1.06. The Hall–Kier alpha value is -3.77. The van der Waals surface area contributed by atoms with Crippen LogP contribution in [0.25, 0.3) is 17.0 Å². The van der Waals surface area contributed by atoms with Gasteiger partial charge in [0, 0.05) is 11.3 Å². The number of hydrogen-bond donors (Lipinski definition) is 1. The topological polar surface area (TPSA) is 54.2 Å². The number of rotatable bonds is 5. The van der Waals surface area contributed by atoms with Gasteiger partial charge in [0.2, 0.25) is 5.82 Å². The summed E-state index contributed by atoms with van der Waals surface area (Å²) in [6, 6.07) is 26.5. The third-order valence-electron chi connectivity index (χ3n) is 6.29. The van der Waals surface area contributed by atoms with Gasteiger partial charge < -0.3 is 14.7 Å². The van der Waals surface area contributed by atoms with E-state index in [0.29, 0.717) is 23.4 Å². The molecule has 0 aliphatic carbocycles. The molecule has 0 amide bonds. The molecule has 34 heavy (non-hydrogen) atoms. The highest BCUT2D eigenvalue weighted by Crippen LogP contribution is 2.38. The summed E-state index contributed by atoms with van der Waals surface area (Å²) in [4.78, 5) is 6.90. The molecular weight excluding hydrogens is 440 g/mol. The summed E-state index contributed by atoms with van der Waals surface area (Å²) in [7, 11) is 0. The molecule has 0 spiro atoms. The molecule has 1 atom stereocenters. The lowest BCUT2D eigenvalue weighted by Crippen LogP contribution is -2.45. The smallest absolute Gasteiger partial charge is 0.258 e. The summed E-state index contributed by atoms with van der Waals surface area (Å²) >= 11 is 5.85.